The molecule has 0 aliphatic carbocycles. The molecule has 3 aliphatic rings. The minimum atomic E-state index is -1.10. The zero-order chi connectivity index (χ0) is 26.1. The van der Waals surface area contributed by atoms with E-state index < -0.39 is 35.1 Å². The second kappa shape index (κ2) is 10.7. The molecular formula is C26H40BrN3O5. The normalized spacial score (nSPS) is 31.4. The van der Waals surface area contributed by atoms with E-state index in [0.717, 1.165) is 6.42 Å². The maximum Gasteiger partial charge on any atom is 0.249 e. The van der Waals surface area contributed by atoms with E-state index in [2.05, 4.69) is 29.1 Å². The number of hydrogen-bond donors (Lipinski definition) is 1. The highest BCUT2D eigenvalue weighted by molar-refractivity contribution is 9.09. The summed E-state index contributed by atoms with van der Waals surface area (Å²) in [7, 11) is 0. The van der Waals surface area contributed by atoms with E-state index >= 15 is 0 Å². The highest BCUT2D eigenvalue weighted by atomic mass is 79.9. The molecule has 0 aromatic rings. The number of rotatable bonds is 11. The van der Waals surface area contributed by atoms with Gasteiger partial charge in [-0.1, -0.05) is 35.0 Å². The van der Waals surface area contributed by atoms with Gasteiger partial charge in [0.05, 0.1) is 17.9 Å². The van der Waals surface area contributed by atoms with Crippen molar-refractivity contribution >= 4 is 33.7 Å². The van der Waals surface area contributed by atoms with Crippen LogP contribution in [0.15, 0.2) is 25.3 Å². The van der Waals surface area contributed by atoms with Crippen LogP contribution in [-0.2, 0) is 19.1 Å². The molecule has 35 heavy (non-hydrogen) atoms. The maximum atomic E-state index is 14.2. The first-order valence-electron chi connectivity index (χ1n) is 12.5. The van der Waals surface area contributed by atoms with Crippen molar-refractivity contribution in [3.8, 4) is 0 Å². The molecule has 3 aliphatic heterocycles. The van der Waals surface area contributed by atoms with Crippen molar-refractivity contribution in [1.29, 1.82) is 0 Å². The van der Waals surface area contributed by atoms with Crippen LogP contribution in [0.4, 0.5) is 0 Å². The predicted octanol–water partition coefficient (Wildman–Crippen LogP) is 2.35. The quantitative estimate of drug-likeness (QED) is 0.313. The third kappa shape index (κ3) is 4.71. The minimum Gasteiger partial charge on any atom is -0.396 e. The second-order valence-corrected chi connectivity index (χ2v) is 11.9. The van der Waals surface area contributed by atoms with Crippen molar-refractivity contribution in [2.24, 2.45) is 11.8 Å². The first-order valence-corrected chi connectivity index (χ1v) is 13.5. The van der Waals surface area contributed by atoms with E-state index in [4.69, 9.17) is 4.74 Å². The van der Waals surface area contributed by atoms with Crippen molar-refractivity contribution in [2.75, 3.05) is 32.8 Å². The lowest BCUT2D eigenvalue weighted by Gasteiger charge is -2.42. The standard InChI is InChI=1S/C26H40BrN3O5/c1-7-11-28(12-8-2)22(32)18-19-23(33)29(14-10-15-31)21(26(19)16-17(27)20(18)35-26)24(34)30(13-9-3)25(4,5)6/h7,9,17-21,31H,1,3,8,10-16H2,2,4-6H3/t17?,18-,19+,20-,21?,26?/m1/s1. The first-order chi connectivity index (χ1) is 16.5. The van der Waals surface area contributed by atoms with Crippen LogP contribution in [0.2, 0.25) is 0 Å². The summed E-state index contributed by atoms with van der Waals surface area (Å²) >= 11 is 3.71. The van der Waals surface area contributed by atoms with Crippen LogP contribution >= 0.6 is 15.9 Å². The molecule has 3 saturated heterocycles. The fourth-order valence-corrected chi connectivity index (χ4v) is 7.01. The Balaban J connectivity index is 2.09. The smallest absolute Gasteiger partial charge is 0.249 e. The Hall–Kier alpha value is -1.71. The van der Waals surface area contributed by atoms with Crippen LogP contribution < -0.4 is 0 Å². The third-order valence-corrected chi connectivity index (χ3v) is 8.25. The van der Waals surface area contributed by atoms with Crippen LogP contribution in [-0.4, -0.2) is 98.4 Å². The molecule has 1 spiro atoms. The van der Waals surface area contributed by atoms with Gasteiger partial charge in [0.2, 0.25) is 17.7 Å². The molecule has 3 amide bonds. The zero-order valence-electron chi connectivity index (χ0n) is 21.4. The first kappa shape index (κ1) is 27.9. The number of amides is 3. The Morgan fingerprint density at radius 1 is 1.26 bits per heavy atom. The average molecular weight is 555 g/mol. The molecule has 3 rings (SSSR count). The van der Waals surface area contributed by atoms with Gasteiger partial charge in [-0.05, 0) is 40.0 Å². The Kier molecular flexibility index (Phi) is 8.54. The number of carbonyl (C=O) groups excluding carboxylic acids is 3. The highest BCUT2D eigenvalue weighted by Gasteiger charge is 2.77. The zero-order valence-corrected chi connectivity index (χ0v) is 23.0. The maximum absolute atomic E-state index is 14.2. The molecule has 3 unspecified atom stereocenters. The van der Waals surface area contributed by atoms with Crippen LogP contribution in [0.25, 0.3) is 0 Å². The lowest BCUT2D eigenvalue weighted by atomic mass is 9.70. The van der Waals surface area contributed by atoms with Gasteiger partial charge in [-0.15, -0.1) is 13.2 Å². The van der Waals surface area contributed by atoms with Crippen molar-refractivity contribution in [3.63, 3.8) is 0 Å². The number of fused-ring (bicyclic) bond motifs is 1. The molecule has 3 fully saturated rings. The van der Waals surface area contributed by atoms with Gasteiger partial charge in [0, 0.05) is 43.2 Å². The summed E-state index contributed by atoms with van der Waals surface area (Å²) in [5.41, 5.74) is -1.60. The lowest BCUT2D eigenvalue weighted by molar-refractivity contribution is -0.151. The topological polar surface area (TPSA) is 90.4 Å². The van der Waals surface area contributed by atoms with Gasteiger partial charge in [-0.2, -0.15) is 0 Å². The molecule has 0 saturated carbocycles. The van der Waals surface area contributed by atoms with Crippen molar-refractivity contribution in [2.45, 2.75) is 75.1 Å². The molecule has 0 aromatic carbocycles. The fraction of sp³-hybridized carbons (Fsp3) is 0.731. The number of hydrogen-bond acceptors (Lipinski definition) is 5. The Morgan fingerprint density at radius 3 is 2.46 bits per heavy atom. The molecule has 196 valence electrons. The molecule has 0 aromatic heterocycles. The minimum absolute atomic E-state index is 0.103. The molecule has 3 heterocycles. The summed E-state index contributed by atoms with van der Waals surface area (Å²) in [4.78, 5) is 46.8. The molecule has 1 N–H and O–H groups in total. The van der Waals surface area contributed by atoms with Gasteiger partial charge in [-0.25, -0.2) is 0 Å². The van der Waals surface area contributed by atoms with Crippen molar-refractivity contribution < 1.29 is 24.2 Å². The summed E-state index contributed by atoms with van der Waals surface area (Å²) < 4.78 is 6.57. The Labute approximate surface area is 217 Å². The summed E-state index contributed by atoms with van der Waals surface area (Å²) in [6.07, 6.45) is 4.47. The van der Waals surface area contributed by atoms with Gasteiger partial charge in [0.15, 0.2) is 0 Å². The van der Waals surface area contributed by atoms with E-state index in [0.29, 0.717) is 32.5 Å². The van der Waals surface area contributed by atoms with Crippen LogP contribution in [0.1, 0.15) is 47.0 Å². The van der Waals surface area contributed by atoms with E-state index in [9.17, 15) is 19.5 Å². The largest absolute Gasteiger partial charge is 0.396 e. The second-order valence-electron chi connectivity index (χ2n) is 10.8. The van der Waals surface area contributed by atoms with Crippen molar-refractivity contribution in [1.82, 2.24) is 14.7 Å². The summed E-state index contributed by atoms with van der Waals surface area (Å²) in [6.45, 7) is 16.8. The van der Waals surface area contributed by atoms with Gasteiger partial charge < -0.3 is 24.5 Å². The van der Waals surface area contributed by atoms with E-state index in [1.807, 2.05) is 27.7 Å². The average Bonchev–Trinajstić information content (AvgIpc) is 3.37. The molecule has 6 atom stereocenters. The number of ether oxygens (including phenoxy) is 1. The number of halogens is 1. The molecule has 9 heteroatoms. The van der Waals surface area contributed by atoms with Gasteiger partial charge in [0.25, 0.3) is 0 Å². The summed E-state index contributed by atoms with van der Waals surface area (Å²) in [5, 5.41) is 9.51. The Morgan fingerprint density at radius 2 is 1.91 bits per heavy atom. The van der Waals surface area contributed by atoms with E-state index in [-0.39, 0.29) is 35.7 Å². The van der Waals surface area contributed by atoms with E-state index in [1.54, 1.807) is 26.9 Å². The monoisotopic (exact) mass is 553 g/mol. The summed E-state index contributed by atoms with van der Waals surface area (Å²) in [5.74, 6) is -1.99. The lowest BCUT2D eigenvalue weighted by Crippen LogP contribution is -2.60. The summed E-state index contributed by atoms with van der Waals surface area (Å²) in [6, 6.07) is -0.868. The fourth-order valence-electron chi connectivity index (χ4n) is 6.07. The Bertz CT molecular complexity index is 858. The van der Waals surface area contributed by atoms with Gasteiger partial charge in [0.1, 0.15) is 11.6 Å². The molecular weight excluding hydrogens is 514 g/mol. The number of alkyl halides is 1. The molecule has 2 bridgehead atoms. The number of nitrogens with zero attached hydrogens (tertiary/aromatic N) is 3. The molecule has 8 nitrogen and oxygen atoms in total. The predicted molar refractivity (Wildman–Crippen MR) is 138 cm³/mol. The van der Waals surface area contributed by atoms with Crippen LogP contribution in [0.5, 0.6) is 0 Å². The van der Waals surface area contributed by atoms with Crippen molar-refractivity contribution in [3.05, 3.63) is 25.3 Å². The molecule has 0 radical (unpaired) electrons. The van der Waals surface area contributed by atoms with Crippen LogP contribution in [0, 0.1) is 11.8 Å². The van der Waals surface area contributed by atoms with Crippen LogP contribution in [0.3, 0.4) is 0 Å². The van der Waals surface area contributed by atoms with Gasteiger partial charge >= 0.3 is 0 Å². The number of likely N-dealkylation sites (tertiary alicyclic amines) is 1. The number of aliphatic hydroxyl groups excluding tert-OH is 1. The number of carbonyl (C=O) groups is 3. The number of aliphatic hydroxyl groups is 1. The van der Waals surface area contributed by atoms with Gasteiger partial charge in [-0.3, -0.25) is 14.4 Å². The highest BCUT2D eigenvalue weighted by Crippen LogP contribution is 2.60. The SMILES string of the molecule is C=CCN(CCC)C(=O)[C@H]1[C@@H]2OC3(CC2Br)C(C(=O)N(CC=C)C(C)(C)C)N(CCCO)C(=O)[C@H]13. The third-order valence-electron chi connectivity index (χ3n) is 7.41. The van der Waals surface area contributed by atoms with E-state index in [1.165, 1.54) is 0 Å².